The molecule has 2 aromatic carbocycles. The van der Waals surface area contributed by atoms with Crippen LogP contribution in [0.25, 0.3) is 11.1 Å². The van der Waals surface area contributed by atoms with E-state index in [9.17, 15) is 4.55 Å². The molecular weight excluding hydrogens is 536 g/mol. The van der Waals surface area contributed by atoms with Crippen LogP contribution in [0.3, 0.4) is 0 Å². The van der Waals surface area contributed by atoms with E-state index in [1.165, 1.54) is 0 Å². The van der Waals surface area contributed by atoms with E-state index in [1.54, 1.807) is 18.0 Å². The van der Waals surface area contributed by atoms with Gasteiger partial charge >= 0.3 is 0 Å². The van der Waals surface area contributed by atoms with Crippen molar-refractivity contribution in [3.63, 3.8) is 0 Å². The molecule has 0 aliphatic heterocycles. The van der Waals surface area contributed by atoms with Crippen molar-refractivity contribution in [1.82, 2.24) is 9.71 Å². The van der Waals surface area contributed by atoms with Crippen molar-refractivity contribution in [3.8, 4) is 11.1 Å². The van der Waals surface area contributed by atoms with E-state index in [-0.39, 0.29) is 9.79 Å². The average molecular weight is 575 g/mol. The van der Waals surface area contributed by atoms with Crippen LogP contribution in [0.1, 0.15) is 52.7 Å². The molecule has 8 heteroatoms. The SMILES string of the molecule is CC(C)(C)[S+]([O-])NCc1c(-c2ccccc2)ccc(Cl)c1Sc1ncccc1CO[Si](C)(C)C(C)(C)C. The number of hydrogen-bond acceptors (Lipinski definition) is 5. The van der Waals surface area contributed by atoms with Gasteiger partial charge in [0.25, 0.3) is 0 Å². The van der Waals surface area contributed by atoms with Crippen LogP contribution < -0.4 is 4.72 Å². The van der Waals surface area contributed by atoms with Gasteiger partial charge < -0.3 is 8.98 Å². The Morgan fingerprint density at radius 2 is 1.68 bits per heavy atom. The predicted molar refractivity (Wildman–Crippen MR) is 162 cm³/mol. The third-order valence-electron chi connectivity index (χ3n) is 6.68. The quantitative estimate of drug-likeness (QED) is 0.205. The molecular formula is C29H39ClN2O2S2Si. The maximum absolute atomic E-state index is 12.9. The second kappa shape index (κ2) is 12.2. The molecule has 0 saturated heterocycles. The number of aromatic nitrogens is 1. The lowest BCUT2D eigenvalue weighted by Gasteiger charge is -2.36. The van der Waals surface area contributed by atoms with E-state index < -0.39 is 19.7 Å². The Morgan fingerprint density at radius 3 is 2.30 bits per heavy atom. The monoisotopic (exact) mass is 574 g/mol. The van der Waals surface area contributed by atoms with Gasteiger partial charge in [-0.3, -0.25) is 0 Å². The summed E-state index contributed by atoms with van der Waals surface area (Å²) in [6.45, 7) is 18.1. The first-order valence-electron chi connectivity index (χ1n) is 12.5. The number of nitrogens with one attached hydrogen (secondary N) is 1. The maximum Gasteiger partial charge on any atom is 0.192 e. The van der Waals surface area contributed by atoms with Crippen molar-refractivity contribution in [2.75, 3.05) is 0 Å². The van der Waals surface area contributed by atoms with Gasteiger partial charge in [-0.2, -0.15) is 0 Å². The van der Waals surface area contributed by atoms with Gasteiger partial charge in [-0.25, -0.2) is 4.98 Å². The van der Waals surface area contributed by atoms with Crippen LogP contribution in [0.4, 0.5) is 0 Å². The summed E-state index contributed by atoms with van der Waals surface area (Å²) in [4.78, 5) is 5.63. The number of hydrogen-bond donors (Lipinski definition) is 1. The summed E-state index contributed by atoms with van der Waals surface area (Å²) in [5.74, 6) is 0. The molecule has 0 aliphatic carbocycles. The largest absolute Gasteiger partial charge is 0.598 e. The van der Waals surface area contributed by atoms with Crippen LogP contribution in [0, 0.1) is 0 Å². The van der Waals surface area contributed by atoms with Crippen LogP contribution in [-0.4, -0.2) is 22.6 Å². The molecule has 0 amide bonds. The smallest absolute Gasteiger partial charge is 0.192 e. The van der Waals surface area contributed by atoms with Crippen molar-refractivity contribution in [3.05, 3.63) is 76.9 Å². The lowest BCUT2D eigenvalue weighted by Crippen LogP contribution is -2.40. The molecule has 0 spiro atoms. The van der Waals surface area contributed by atoms with Crippen LogP contribution in [0.15, 0.2) is 70.7 Å². The van der Waals surface area contributed by atoms with Gasteiger partial charge in [-0.05, 0) is 67.7 Å². The lowest BCUT2D eigenvalue weighted by atomic mass is 10.00. The first kappa shape index (κ1) is 30.2. The standard InChI is InChI=1S/C29H39ClN2O2S2Si/c1-28(2,3)36(33)32-19-24-23(21-13-10-9-11-14-21)16-17-25(30)26(24)35-27-22(15-12-18-31-27)20-34-37(7,8)29(4,5)6/h9-18,32H,19-20H2,1-8H3. The highest BCUT2D eigenvalue weighted by Gasteiger charge is 2.37. The zero-order valence-electron chi connectivity index (χ0n) is 23.1. The van der Waals surface area contributed by atoms with E-state index >= 15 is 0 Å². The van der Waals surface area contributed by atoms with Gasteiger partial charge in [0.1, 0.15) is 9.77 Å². The van der Waals surface area contributed by atoms with Crippen molar-refractivity contribution < 1.29 is 8.98 Å². The molecule has 1 heterocycles. The van der Waals surface area contributed by atoms with Crippen LogP contribution in [0.5, 0.6) is 0 Å². The fourth-order valence-corrected chi connectivity index (χ4v) is 6.31. The zero-order valence-corrected chi connectivity index (χ0v) is 26.5. The molecule has 200 valence electrons. The van der Waals surface area contributed by atoms with Gasteiger partial charge in [0, 0.05) is 28.0 Å². The second-order valence-electron chi connectivity index (χ2n) is 11.6. The highest BCUT2D eigenvalue weighted by atomic mass is 35.5. The Kier molecular flexibility index (Phi) is 10.0. The second-order valence-corrected chi connectivity index (χ2v) is 19.9. The highest BCUT2D eigenvalue weighted by Crippen LogP contribution is 2.42. The van der Waals surface area contributed by atoms with Crippen molar-refractivity contribution in [2.24, 2.45) is 0 Å². The minimum atomic E-state index is -1.93. The molecule has 3 rings (SSSR count). The molecule has 1 N–H and O–H groups in total. The molecule has 1 unspecified atom stereocenters. The van der Waals surface area contributed by atoms with Gasteiger partial charge in [-0.15, -0.1) is 4.72 Å². The molecule has 37 heavy (non-hydrogen) atoms. The van der Waals surface area contributed by atoms with Crippen molar-refractivity contribution >= 4 is 43.0 Å². The van der Waals surface area contributed by atoms with Crippen molar-refractivity contribution in [1.29, 1.82) is 0 Å². The molecule has 1 atom stereocenters. The number of rotatable bonds is 9. The fourth-order valence-electron chi connectivity index (χ4n) is 3.32. The molecule has 1 aromatic heterocycles. The van der Waals surface area contributed by atoms with E-state index in [0.717, 1.165) is 32.2 Å². The van der Waals surface area contributed by atoms with Gasteiger partial charge in [0.15, 0.2) is 8.32 Å². The van der Waals surface area contributed by atoms with Gasteiger partial charge in [0.2, 0.25) is 0 Å². The predicted octanol–water partition coefficient (Wildman–Crippen LogP) is 8.63. The minimum absolute atomic E-state index is 0.122. The van der Waals surface area contributed by atoms with Gasteiger partial charge in [0.05, 0.1) is 18.2 Å². The van der Waals surface area contributed by atoms with E-state index in [4.69, 9.17) is 21.0 Å². The summed E-state index contributed by atoms with van der Waals surface area (Å²) in [5.41, 5.74) is 4.18. The summed E-state index contributed by atoms with van der Waals surface area (Å²) < 4.78 is 22.3. The number of nitrogens with zero attached hydrogens (tertiary/aromatic N) is 1. The number of halogens is 1. The topological polar surface area (TPSA) is 57.2 Å². The van der Waals surface area contributed by atoms with E-state index in [0.29, 0.717) is 18.2 Å². The Hall–Kier alpha value is -1.32. The maximum atomic E-state index is 12.9. The summed E-state index contributed by atoms with van der Waals surface area (Å²) in [5, 5.41) is 1.63. The summed E-state index contributed by atoms with van der Waals surface area (Å²) in [7, 11) is -1.93. The molecule has 0 bridgehead atoms. The Labute approximate surface area is 236 Å². The summed E-state index contributed by atoms with van der Waals surface area (Å²) in [6, 6.07) is 18.2. The molecule has 0 aliphatic rings. The minimum Gasteiger partial charge on any atom is -0.598 e. The molecule has 0 radical (unpaired) electrons. The Morgan fingerprint density at radius 1 is 1.00 bits per heavy atom. The van der Waals surface area contributed by atoms with Crippen LogP contribution >= 0.6 is 23.4 Å². The fraction of sp³-hybridized carbons (Fsp3) is 0.414. The third kappa shape index (κ3) is 7.85. The summed E-state index contributed by atoms with van der Waals surface area (Å²) >= 11 is 7.15. The van der Waals surface area contributed by atoms with Crippen LogP contribution in [0.2, 0.25) is 23.2 Å². The lowest BCUT2D eigenvalue weighted by molar-refractivity contribution is 0.273. The van der Waals surface area contributed by atoms with Crippen LogP contribution in [-0.2, 0) is 28.9 Å². The van der Waals surface area contributed by atoms with Crippen molar-refractivity contribution in [2.45, 2.75) is 87.5 Å². The molecule has 3 aromatic rings. The van der Waals surface area contributed by atoms with E-state index in [1.807, 2.05) is 57.2 Å². The molecule has 0 fully saturated rings. The molecule has 4 nitrogen and oxygen atoms in total. The number of benzene rings is 2. The third-order valence-corrected chi connectivity index (χ3v) is 14.3. The number of pyridine rings is 1. The van der Waals surface area contributed by atoms with E-state index in [2.05, 4.69) is 56.8 Å². The normalized spacial score (nSPS) is 13.6. The highest BCUT2D eigenvalue weighted by molar-refractivity contribution is 7.99. The summed E-state index contributed by atoms with van der Waals surface area (Å²) in [6.07, 6.45) is 1.81. The zero-order chi connectivity index (χ0) is 27.4. The average Bonchev–Trinajstić information content (AvgIpc) is 2.82. The van der Waals surface area contributed by atoms with Gasteiger partial charge in [-0.1, -0.05) is 86.6 Å². The molecule has 0 saturated carbocycles. The first-order valence-corrected chi connectivity index (χ1v) is 17.7. The Bertz CT molecular complexity index is 1190. The first-order chi connectivity index (χ1) is 17.2. The Balaban J connectivity index is 2.01.